The molecule has 7 rings (SSSR count). The number of aryl methyl sites for hydroxylation is 3. The summed E-state index contributed by atoms with van der Waals surface area (Å²) in [4.78, 5) is 0. The molecule has 0 aliphatic carbocycles. The summed E-state index contributed by atoms with van der Waals surface area (Å²) in [5.41, 5.74) is 12.2. The van der Waals surface area contributed by atoms with Gasteiger partial charge in [0.15, 0.2) is 0 Å². The van der Waals surface area contributed by atoms with Crippen molar-refractivity contribution in [2.45, 2.75) is 47.5 Å². The van der Waals surface area contributed by atoms with E-state index in [0.717, 1.165) is 0 Å². The van der Waals surface area contributed by atoms with E-state index in [0.29, 0.717) is 5.92 Å². The summed E-state index contributed by atoms with van der Waals surface area (Å²) >= 11 is 1.36. The number of hydrogen-bond donors (Lipinski definition) is 0. The van der Waals surface area contributed by atoms with Gasteiger partial charge >= 0.3 is 30.2 Å². The standard InChI is InChI=1S/C22H19.C19H19.2CH3.Si.Zr/c1-15(2)18-13-17-9-6-12-21(22(17)14-18)20-11-5-8-16-7-3-4-10-19(16)20;1-12-10-18-14(3)8-9-17(19(18)11-12)16-7-5-6-13(2)15(16)4;;;;/h3-15H,1-2H3;5-11H,1-4H3;2*1H3;;/q4*-1;;. The van der Waals surface area contributed by atoms with E-state index in [1.165, 1.54) is 106 Å². The van der Waals surface area contributed by atoms with Crippen LogP contribution in [0.25, 0.3) is 54.6 Å². The van der Waals surface area contributed by atoms with Gasteiger partial charge < -0.3 is 14.9 Å². The molecule has 0 aliphatic rings. The van der Waals surface area contributed by atoms with Crippen molar-refractivity contribution in [1.82, 2.24) is 0 Å². The van der Waals surface area contributed by atoms with Crippen LogP contribution in [0.4, 0.5) is 0 Å². The number of hydrogen-bond acceptors (Lipinski definition) is 0. The zero-order chi connectivity index (χ0) is 30.7. The van der Waals surface area contributed by atoms with Crippen molar-refractivity contribution in [3.63, 3.8) is 0 Å². The molecule has 45 heavy (non-hydrogen) atoms. The van der Waals surface area contributed by atoms with Crippen molar-refractivity contribution in [3.05, 3.63) is 158 Å². The molecule has 0 bridgehead atoms. The summed E-state index contributed by atoms with van der Waals surface area (Å²) in [6.45, 7) is 16.3. The molecule has 2 radical (unpaired) electrons. The van der Waals surface area contributed by atoms with Crippen LogP contribution in [0.1, 0.15) is 47.6 Å². The summed E-state index contributed by atoms with van der Waals surface area (Å²) in [5.74, 6) is 0.563. The van der Waals surface area contributed by atoms with Crippen LogP contribution in [0.3, 0.4) is 0 Å². The predicted octanol–water partition coefficient (Wildman–Crippen LogP) is 12.5. The van der Waals surface area contributed by atoms with E-state index in [4.69, 9.17) is 0 Å². The van der Waals surface area contributed by atoms with Gasteiger partial charge in [-0.05, 0) is 52.8 Å². The summed E-state index contributed by atoms with van der Waals surface area (Å²) in [5, 5.41) is 8.09. The van der Waals surface area contributed by atoms with E-state index in [1.54, 1.807) is 0 Å². The summed E-state index contributed by atoms with van der Waals surface area (Å²) in [6.07, 6.45) is 0. The fourth-order valence-corrected chi connectivity index (χ4v) is 6.15. The van der Waals surface area contributed by atoms with Crippen molar-refractivity contribution >= 4 is 39.2 Å². The Kier molecular flexibility index (Phi) is 12.7. The van der Waals surface area contributed by atoms with Crippen molar-refractivity contribution < 1.29 is 23.3 Å². The fraction of sp³-hybridized carbons (Fsp3) is 0.163. The molecule has 0 saturated heterocycles. The molecule has 0 nitrogen and oxygen atoms in total. The molecule has 0 aliphatic heterocycles. The van der Waals surface area contributed by atoms with Crippen molar-refractivity contribution in [2.75, 3.05) is 0 Å². The minimum absolute atomic E-state index is 0. The third-order valence-corrected chi connectivity index (χ3v) is 8.66. The second-order valence-electron chi connectivity index (χ2n) is 11.8. The van der Waals surface area contributed by atoms with Gasteiger partial charge in [-0.25, -0.2) is 0 Å². The molecule has 2 heteroatoms. The third-order valence-electron chi connectivity index (χ3n) is 8.66. The van der Waals surface area contributed by atoms with E-state index in [9.17, 15) is 0 Å². The Morgan fingerprint density at radius 3 is 1.89 bits per heavy atom. The van der Waals surface area contributed by atoms with Crippen LogP contribution in [0.5, 0.6) is 0 Å². The van der Waals surface area contributed by atoms with Crippen LogP contribution in [0.15, 0.2) is 115 Å². The van der Waals surface area contributed by atoms with E-state index in [2.05, 4.69) is 164 Å². The zero-order valence-electron chi connectivity index (χ0n) is 28.0. The second kappa shape index (κ2) is 15.8. The normalized spacial score (nSPS) is 10.4. The van der Waals surface area contributed by atoms with Crippen molar-refractivity contribution in [3.8, 4) is 22.3 Å². The van der Waals surface area contributed by atoms with Gasteiger partial charge in [-0.3, -0.25) is 0 Å². The maximum atomic E-state index is 3.06. The van der Waals surface area contributed by atoms with Gasteiger partial charge in [0.25, 0.3) is 0 Å². The molecular formula is C43H44SiZr-4. The van der Waals surface area contributed by atoms with Crippen molar-refractivity contribution in [1.29, 1.82) is 0 Å². The summed E-state index contributed by atoms with van der Waals surface area (Å²) in [6, 6.07) is 42.2. The molecule has 0 N–H and O–H groups in total. The Morgan fingerprint density at radius 1 is 0.556 bits per heavy atom. The Bertz CT molecular complexity index is 2030. The minimum atomic E-state index is 0. The van der Waals surface area contributed by atoms with Gasteiger partial charge in [-0.1, -0.05) is 112 Å². The zero-order valence-corrected chi connectivity index (χ0v) is 31.5. The number of benzene rings is 5. The third kappa shape index (κ3) is 7.40. The first kappa shape index (κ1) is 36.2. The van der Waals surface area contributed by atoms with Crippen LogP contribution in [0.2, 0.25) is 0 Å². The topological polar surface area (TPSA) is 0 Å². The first-order valence-electron chi connectivity index (χ1n) is 15.0. The number of rotatable bonds is 3. The van der Waals surface area contributed by atoms with Gasteiger partial charge in [0.05, 0.1) is 0 Å². The molecule has 0 aromatic heterocycles. The summed E-state index contributed by atoms with van der Waals surface area (Å²) in [7, 11) is 0. The average molecular weight is 680 g/mol. The molecule has 0 unspecified atom stereocenters. The molecule has 228 valence electrons. The molecule has 0 amide bonds. The maximum absolute atomic E-state index is 3.06. The first-order valence-corrected chi connectivity index (χ1v) is 19.2. The van der Waals surface area contributed by atoms with Crippen LogP contribution >= 0.6 is 0 Å². The fourth-order valence-electron chi connectivity index (χ4n) is 6.15. The molecule has 0 heterocycles. The second-order valence-corrected chi connectivity index (χ2v) is 11.8. The molecule has 7 aromatic rings. The van der Waals surface area contributed by atoms with Crippen LogP contribution in [-0.4, -0.2) is 6.88 Å². The Morgan fingerprint density at radius 2 is 1.16 bits per heavy atom. The average Bonchev–Trinajstić information content (AvgIpc) is 3.65. The molecule has 0 saturated carbocycles. The van der Waals surface area contributed by atoms with E-state index in [-0.39, 0.29) is 14.9 Å². The molecule has 0 fully saturated rings. The van der Waals surface area contributed by atoms with Crippen molar-refractivity contribution in [2.24, 2.45) is 0 Å². The van der Waals surface area contributed by atoms with Gasteiger partial charge in [0.1, 0.15) is 0 Å². The van der Waals surface area contributed by atoms with Gasteiger partial charge in [0.2, 0.25) is 0 Å². The molecule has 0 spiro atoms. The SMILES string of the molecule is CC(C)c1cc2c(-c3cccc4ccccc34)cccc2[cH-]1.Cc1cc2c(-c3cccc(C)c3C)ccc(C)c2[cH-]1.[CH3-].[CH3-].[Si]=[Zr]. The monoisotopic (exact) mass is 678 g/mol. The van der Waals surface area contributed by atoms with Gasteiger partial charge in [-0.15, -0.1) is 68.6 Å². The molecular weight excluding hydrogens is 636 g/mol. The molecule has 7 aromatic carbocycles. The van der Waals surface area contributed by atoms with Crippen LogP contribution in [-0.2, 0) is 23.3 Å². The van der Waals surface area contributed by atoms with E-state index >= 15 is 0 Å². The van der Waals surface area contributed by atoms with E-state index in [1.807, 2.05) is 0 Å². The quantitative estimate of drug-likeness (QED) is 0.129. The van der Waals surface area contributed by atoms with Crippen LogP contribution in [0, 0.1) is 42.5 Å². The Hall–Kier alpha value is -3.32. The number of fused-ring (bicyclic) bond motifs is 3. The van der Waals surface area contributed by atoms with E-state index < -0.39 is 0 Å². The van der Waals surface area contributed by atoms with Crippen LogP contribution < -0.4 is 0 Å². The first-order chi connectivity index (χ1) is 20.8. The van der Waals surface area contributed by atoms with Gasteiger partial charge in [0, 0.05) is 0 Å². The Balaban J connectivity index is 0.000000225. The summed E-state index contributed by atoms with van der Waals surface area (Å²) < 4.78 is 0. The molecule has 0 atom stereocenters. The predicted molar refractivity (Wildman–Crippen MR) is 199 cm³/mol. The van der Waals surface area contributed by atoms with Gasteiger partial charge in [-0.2, -0.15) is 12.1 Å². The Labute approximate surface area is 288 Å².